The molecule has 1 aromatic rings. The highest BCUT2D eigenvalue weighted by molar-refractivity contribution is 5.85. The average Bonchev–Trinajstić information content (AvgIpc) is 2.35. The van der Waals surface area contributed by atoms with Crippen molar-refractivity contribution in [1.82, 2.24) is 10.2 Å². The van der Waals surface area contributed by atoms with Gasteiger partial charge in [0.05, 0.1) is 0 Å². The van der Waals surface area contributed by atoms with E-state index in [0.717, 1.165) is 13.1 Å². The Labute approximate surface area is 129 Å². The number of benzene rings is 1. The van der Waals surface area contributed by atoms with Gasteiger partial charge < -0.3 is 10.2 Å². The molecule has 4 heteroatoms. The second-order valence-electron chi connectivity index (χ2n) is 5.85. The second kappa shape index (κ2) is 8.28. The summed E-state index contributed by atoms with van der Waals surface area (Å²) in [4.78, 5) is 13.8. The molecule has 0 aliphatic heterocycles. The lowest BCUT2D eigenvalue weighted by atomic mass is 9.84. The molecule has 0 heterocycles. The molecular formula is C16H27ClN2O. The van der Waals surface area contributed by atoms with E-state index in [1.807, 2.05) is 19.0 Å². The van der Waals surface area contributed by atoms with Crippen LogP contribution in [0.5, 0.6) is 0 Å². The molecular weight excluding hydrogens is 272 g/mol. The molecule has 1 rings (SSSR count). The highest BCUT2D eigenvalue weighted by Gasteiger charge is 2.24. The predicted molar refractivity (Wildman–Crippen MR) is 87.6 cm³/mol. The molecule has 114 valence electrons. The highest BCUT2D eigenvalue weighted by atomic mass is 35.5. The maximum atomic E-state index is 12.0. The third-order valence-electron chi connectivity index (χ3n) is 3.48. The van der Waals surface area contributed by atoms with Crippen LogP contribution in [-0.2, 0) is 10.2 Å². The monoisotopic (exact) mass is 298 g/mol. The summed E-state index contributed by atoms with van der Waals surface area (Å²) in [5.74, 6) is 0.189. The fourth-order valence-electron chi connectivity index (χ4n) is 2.20. The van der Waals surface area contributed by atoms with Crippen LogP contribution < -0.4 is 5.32 Å². The Balaban J connectivity index is 0.00000361. The van der Waals surface area contributed by atoms with Crippen molar-refractivity contribution in [2.24, 2.45) is 0 Å². The van der Waals surface area contributed by atoms with Crippen molar-refractivity contribution in [3.8, 4) is 0 Å². The van der Waals surface area contributed by atoms with E-state index in [4.69, 9.17) is 0 Å². The van der Waals surface area contributed by atoms with Crippen molar-refractivity contribution in [3.05, 3.63) is 35.4 Å². The maximum absolute atomic E-state index is 12.0. The highest BCUT2D eigenvalue weighted by Crippen LogP contribution is 2.24. The number of nitrogens with zero attached hydrogens (tertiary/aromatic N) is 1. The minimum absolute atomic E-state index is 0. The summed E-state index contributed by atoms with van der Waals surface area (Å²) in [6.45, 7) is 7.91. The first-order chi connectivity index (χ1) is 8.86. The van der Waals surface area contributed by atoms with Gasteiger partial charge in [0.15, 0.2) is 0 Å². The Kier molecular flexibility index (Phi) is 7.84. The SMILES string of the molecule is CNCCC(=O)N(C)CC(C)(C)c1ccc(C)cc1.Cl. The van der Waals surface area contributed by atoms with Gasteiger partial charge in [0.25, 0.3) is 0 Å². The van der Waals surface area contributed by atoms with E-state index in [-0.39, 0.29) is 23.7 Å². The first-order valence-electron chi connectivity index (χ1n) is 6.82. The summed E-state index contributed by atoms with van der Waals surface area (Å²) in [7, 11) is 3.75. The molecule has 0 saturated heterocycles. The Morgan fingerprint density at radius 3 is 2.30 bits per heavy atom. The predicted octanol–water partition coefficient (Wildman–Crippen LogP) is 2.76. The minimum atomic E-state index is -0.0300. The van der Waals surface area contributed by atoms with Gasteiger partial charge in [0.1, 0.15) is 0 Å². The number of nitrogens with one attached hydrogen (secondary N) is 1. The fourth-order valence-corrected chi connectivity index (χ4v) is 2.20. The molecule has 0 spiro atoms. The van der Waals surface area contributed by atoms with E-state index in [1.165, 1.54) is 11.1 Å². The number of hydrogen-bond acceptors (Lipinski definition) is 2. The second-order valence-corrected chi connectivity index (χ2v) is 5.85. The van der Waals surface area contributed by atoms with Crippen LogP contribution >= 0.6 is 12.4 Å². The first kappa shape index (κ1) is 18.9. The van der Waals surface area contributed by atoms with Crippen LogP contribution in [0.25, 0.3) is 0 Å². The lowest BCUT2D eigenvalue weighted by molar-refractivity contribution is -0.130. The number of amides is 1. The number of hydrogen-bond donors (Lipinski definition) is 1. The molecule has 1 aromatic carbocycles. The summed E-state index contributed by atoms with van der Waals surface area (Å²) in [6, 6.07) is 8.56. The largest absolute Gasteiger partial charge is 0.345 e. The van der Waals surface area contributed by atoms with E-state index in [1.54, 1.807) is 0 Å². The molecule has 0 aliphatic carbocycles. The fraction of sp³-hybridized carbons (Fsp3) is 0.562. The van der Waals surface area contributed by atoms with Gasteiger partial charge in [-0.15, -0.1) is 12.4 Å². The van der Waals surface area contributed by atoms with E-state index < -0.39 is 0 Å². The van der Waals surface area contributed by atoms with Gasteiger partial charge in [0, 0.05) is 32.0 Å². The molecule has 0 aromatic heterocycles. The summed E-state index contributed by atoms with van der Waals surface area (Å²) in [5.41, 5.74) is 2.50. The molecule has 20 heavy (non-hydrogen) atoms. The Bertz CT molecular complexity index is 415. The van der Waals surface area contributed by atoms with Crippen molar-refractivity contribution in [2.45, 2.75) is 32.6 Å². The molecule has 0 saturated carbocycles. The molecule has 1 N–H and O–H groups in total. The van der Waals surface area contributed by atoms with E-state index in [2.05, 4.69) is 50.4 Å². The number of likely N-dealkylation sites (N-methyl/N-ethyl adjacent to an activating group) is 1. The van der Waals surface area contributed by atoms with Crippen LogP contribution in [0.2, 0.25) is 0 Å². The zero-order valence-electron chi connectivity index (χ0n) is 13.2. The number of carbonyl (C=O) groups excluding carboxylic acids is 1. The van der Waals surface area contributed by atoms with Crippen LogP contribution in [0.4, 0.5) is 0 Å². The minimum Gasteiger partial charge on any atom is -0.345 e. The summed E-state index contributed by atoms with van der Waals surface area (Å²) >= 11 is 0. The van der Waals surface area contributed by atoms with Crippen molar-refractivity contribution < 1.29 is 4.79 Å². The molecule has 0 unspecified atom stereocenters. The van der Waals surface area contributed by atoms with Crippen LogP contribution in [0.3, 0.4) is 0 Å². The smallest absolute Gasteiger partial charge is 0.223 e. The lowest BCUT2D eigenvalue weighted by Crippen LogP contribution is -2.39. The topological polar surface area (TPSA) is 32.3 Å². The number of aryl methyl sites for hydroxylation is 1. The third kappa shape index (κ3) is 5.51. The van der Waals surface area contributed by atoms with Crippen LogP contribution in [0, 0.1) is 6.92 Å². The van der Waals surface area contributed by atoms with Gasteiger partial charge in [-0.25, -0.2) is 0 Å². The molecule has 0 atom stereocenters. The van der Waals surface area contributed by atoms with Gasteiger partial charge in [-0.3, -0.25) is 4.79 Å². The average molecular weight is 299 g/mol. The zero-order chi connectivity index (χ0) is 14.5. The summed E-state index contributed by atoms with van der Waals surface area (Å²) in [5, 5.41) is 3.01. The van der Waals surface area contributed by atoms with E-state index in [0.29, 0.717) is 6.42 Å². The van der Waals surface area contributed by atoms with Gasteiger partial charge in [0.2, 0.25) is 5.91 Å². The number of halogens is 1. The Hall–Kier alpha value is -1.06. The van der Waals surface area contributed by atoms with Crippen molar-refractivity contribution in [3.63, 3.8) is 0 Å². The van der Waals surface area contributed by atoms with Crippen LogP contribution in [-0.4, -0.2) is 38.0 Å². The third-order valence-corrected chi connectivity index (χ3v) is 3.48. The number of rotatable bonds is 6. The zero-order valence-corrected chi connectivity index (χ0v) is 14.0. The van der Waals surface area contributed by atoms with E-state index in [9.17, 15) is 4.79 Å². The first-order valence-corrected chi connectivity index (χ1v) is 6.82. The van der Waals surface area contributed by atoms with Gasteiger partial charge in [-0.05, 0) is 19.5 Å². The molecule has 0 bridgehead atoms. The molecule has 0 radical (unpaired) electrons. The summed E-state index contributed by atoms with van der Waals surface area (Å²) in [6.07, 6.45) is 0.553. The number of carbonyl (C=O) groups is 1. The van der Waals surface area contributed by atoms with Gasteiger partial charge in [-0.2, -0.15) is 0 Å². The molecule has 1 amide bonds. The van der Waals surface area contributed by atoms with Crippen molar-refractivity contribution in [1.29, 1.82) is 0 Å². The van der Waals surface area contributed by atoms with Crippen LogP contribution in [0.15, 0.2) is 24.3 Å². The standard InChI is InChI=1S/C16H26N2O.ClH/c1-13-6-8-14(9-7-13)16(2,3)12-18(5)15(19)10-11-17-4;/h6-9,17H,10-12H2,1-5H3;1H. The lowest BCUT2D eigenvalue weighted by Gasteiger charge is -2.31. The van der Waals surface area contributed by atoms with E-state index >= 15 is 0 Å². The Morgan fingerprint density at radius 1 is 1.25 bits per heavy atom. The Morgan fingerprint density at radius 2 is 1.80 bits per heavy atom. The molecule has 0 fully saturated rings. The maximum Gasteiger partial charge on any atom is 0.223 e. The molecule has 3 nitrogen and oxygen atoms in total. The quantitative estimate of drug-likeness (QED) is 0.876. The summed E-state index contributed by atoms with van der Waals surface area (Å²) < 4.78 is 0. The normalized spacial score (nSPS) is 10.8. The van der Waals surface area contributed by atoms with Crippen LogP contribution in [0.1, 0.15) is 31.4 Å². The van der Waals surface area contributed by atoms with Crippen molar-refractivity contribution in [2.75, 3.05) is 27.2 Å². The molecule has 0 aliphatic rings. The van der Waals surface area contributed by atoms with Gasteiger partial charge >= 0.3 is 0 Å². The van der Waals surface area contributed by atoms with Crippen molar-refractivity contribution >= 4 is 18.3 Å². The van der Waals surface area contributed by atoms with Gasteiger partial charge in [-0.1, -0.05) is 43.7 Å².